The Bertz CT molecular complexity index is 598. The molecule has 3 rings (SSSR count). The molecule has 1 aliphatic heterocycles. The summed E-state index contributed by atoms with van der Waals surface area (Å²) in [5.41, 5.74) is 0.323. The molecule has 1 aliphatic rings. The van der Waals surface area contributed by atoms with Crippen LogP contribution in [-0.2, 0) is 0 Å². The van der Waals surface area contributed by atoms with E-state index < -0.39 is 0 Å². The predicted molar refractivity (Wildman–Crippen MR) is 72.3 cm³/mol. The normalized spacial score (nSPS) is 19.7. The zero-order valence-corrected chi connectivity index (χ0v) is 10.7. The number of aromatic nitrogens is 4. The Balaban J connectivity index is 1.57. The monoisotopic (exact) mass is 262 g/mol. The van der Waals surface area contributed by atoms with E-state index in [1.165, 1.54) is 23.6 Å². The van der Waals surface area contributed by atoms with E-state index in [2.05, 4.69) is 25.8 Å². The topological polar surface area (TPSA) is 87.1 Å². The van der Waals surface area contributed by atoms with Gasteiger partial charge in [-0.1, -0.05) is 0 Å². The summed E-state index contributed by atoms with van der Waals surface area (Å²) in [4.78, 5) is 15.5. The summed E-state index contributed by atoms with van der Waals surface area (Å²) in [5.74, 6) is 1.51. The minimum Gasteiger partial charge on any atom is -0.370 e. The molecule has 102 valence electrons. The van der Waals surface area contributed by atoms with Crippen LogP contribution in [0.3, 0.4) is 0 Å². The fourth-order valence-electron chi connectivity index (χ4n) is 2.48. The lowest BCUT2D eigenvalue weighted by Gasteiger charge is -2.22. The summed E-state index contributed by atoms with van der Waals surface area (Å²) >= 11 is 0. The highest BCUT2D eigenvalue weighted by molar-refractivity contribution is 5.48. The number of fused-ring (bicyclic) bond motifs is 1. The molecular weight excluding hydrogens is 244 g/mol. The third kappa shape index (κ3) is 2.76. The molecule has 19 heavy (non-hydrogen) atoms. The van der Waals surface area contributed by atoms with Gasteiger partial charge < -0.3 is 10.6 Å². The van der Waals surface area contributed by atoms with Gasteiger partial charge in [-0.05, 0) is 38.3 Å². The largest absolute Gasteiger partial charge is 0.370 e. The quantitative estimate of drug-likeness (QED) is 0.733. The van der Waals surface area contributed by atoms with Crippen LogP contribution in [0.25, 0.3) is 5.65 Å². The number of hydrogen-bond acceptors (Lipinski definition) is 5. The Labute approximate surface area is 110 Å². The maximum Gasteiger partial charge on any atom is 0.348 e. The molecule has 0 aromatic carbocycles. The molecule has 7 heteroatoms. The smallest absolute Gasteiger partial charge is 0.348 e. The van der Waals surface area contributed by atoms with Crippen molar-refractivity contribution in [2.45, 2.75) is 19.3 Å². The maximum absolute atomic E-state index is 11.3. The van der Waals surface area contributed by atoms with Crippen molar-refractivity contribution in [2.75, 3.05) is 25.0 Å². The number of nitrogens with zero attached hydrogens (tertiary/aromatic N) is 3. The van der Waals surface area contributed by atoms with Crippen LogP contribution in [0.5, 0.6) is 0 Å². The van der Waals surface area contributed by atoms with E-state index in [4.69, 9.17) is 0 Å². The molecule has 0 amide bonds. The number of nitrogens with one attached hydrogen (secondary N) is 3. The molecule has 2 aromatic rings. The highest BCUT2D eigenvalue weighted by Gasteiger charge is 2.12. The summed E-state index contributed by atoms with van der Waals surface area (Å²) in [7, 11) is 0. The number of anilines is 1. The van der Waals surface area contributed by atoms with Crippen LogP contribution in [0.15, 0.2) is 17.2 Å². The summed E-state index contributed by atoms with van der Waals surface area (Å²) in [5, 5.41) is 13.0. The predicted octanol–water partition coefficient (Wildman–Crippen LogP) is 0.219. The second-order valence-electron chi connectivity index (χ2n) is 4.96. The average Bonchev–Trinajstić information content (AvgIpc) is 2.81. The molecule has 3 heterocycles. The van der Waals surface area contributed by atoms with Gasteiger partial charge in [-0.3, -0.25) is 0 Å². The van der Waals surface area contributed by atoms with Gasteiger partial charge in [-0.25, -0.2) is 19.3 Å². The van der Waals surface area contributed by atoms with Crippen molar-refractivity contribution in [1.29, 1.82) is 0 Å². The molecule has 0 aliphatic carbocycles. The van der Waals surface area contributed by atoms with Crippen LogP contribution in [0, 0.1) is 5.92 Å². The zero-order valence-electron chi connectivity index (χ0n) is 10.7. The van der Waals surface area contributed by atoms with Crippen LogP contribution in [0.2, 0.25) is 0 Å². The van der Waals surface area contributed by atoms with Crippen molar-refractivity contribution < 1.29 is 0 Å². The molecule has 1 saturated heterocycles. The number of aromatic amines is 1. The molecule has 3 N–H and O–H groups in total. The highest BCUT2D eigenvalue weighted by Crippen LogP contribution is 2.14. The van der Waals surface area contributed by atoms with Crippen LogP contribution < -0.4 is 16.3 Å². The van der Waals surface area contributed by atoms with Crippen LogP contribution in [0.1, 0.15) is 19.3 Å². The van der Waals surface area contributed by atoms with Crippen LogP contribution in [0.4, 0.5) is 5.82 Å². The highest BCUT2D eigenvalue weighted by atomic mass is 16.1. The standard InChI is InChI=1S/C12H18N6O/c19-12-17-16-11-6-10(15-8-18(11)12)14-5-3-9-2-1-4-13-7-9/h6,8-9,13-14H,1-5,7H2,(H,17,19). The van der Waals surface area contributed by atoms with E-state index in [1.54, 1.807) is 6.07 Å². The Morgan fingerprint density at radius 3 is 3.32 bits per heavy atom. The van der Waals surface area contributed by atoms with Gasteiger partial charge >= 0.3 is 5.69 Å². The molecule has 7 nitrogen and oxygen atoms in total. The van der Waals surface area contributed by atoms with Crippen molar-refractivity contribution in [2.24, 2.45) is 5.92 Å². The molecule has 2 aromatic heterocycles. The second kappa shape index (κ2) is 5.40. The second-order valence-corrected chi connectivity index (χ2v) is 4.96. The van der Waals surface area contributed by atoms with Gasteiger partial charge in [-0.15, -0.1) is 0 Å². The van der Waals surface area contributed by atoms with Gasteiger partial charge in [0.1, 0.15) is 12.1 Å². The molecule has 0 saturated carbocycles. The van der Waals surface area contributed by atoms with E-state index >= 15 is 0 Å². The number of H-pyrrole nitrogens is 1. The minimum atomic E-state index is -0.262. The number of rotatable bonds is 4. The Morgan fingerprint density at radius 1 is 1.53 bits per heavy atom. The van der Waals surface area contributed by atoms with Crippen LogP contribution >= 0.6 is 0 Å². The van der Waals surface area contributed by atoms with E-state index in [9.17, 15) is 4.79 Å². The van der Waals surface area contributed by atoms with Crippen molar-refractivity contribution in [3.63, 3.8) is 0 Å². The van der Waals surface area contributed by atoms with E-state index in [0.717, 1.165) is 37.8 Å². The number of piperidine rings is 1. The third-order valence-electron chi connectivity index (χ3n) is 3.57. The van der Waals surface area contributed by atoms with Gasteiger partial charge in [0.15, 0.2) is 5.65 Å². The van der Waals surface area contributed by atoms with Crippen LogP contribution in [-0.4, -0.2) is 39.2 Å². The van der Waals surface area contributed by atoms with E-state index in [-0.39, 0.29) is 5.69 Å². The number of hydrogen-bond donors (Lipinski definition) is 3. The first-order chi connectivity index (χ1) is 9.33. The first-order valence-corrected chi connectivity index (χ1v) is 6.70. The first-order valence-electron chi connectivity index (χ1n) is 6.70. The Hall–Kier alpha value is -1.89. The lowest BCUT2D eigenvalue weighted by molar-refractivity contribution is 0.364. The Morgan fingerprint density at radius 2 is 2.47 bits per heavy atom. The summed E-state index contributed by atoms with van der Waals surface area (Å²) < 4.78 is 1.39. The van der Waals surface area contributed by atoms with Crippen molar-refractivity contribution >= 4 is 11.5 Å². The lowest BCUT2D eigenvalue weighted by Crippen LogP contribution is -2.30. The fraction of sp³-hybridized carbons (Fsp3) is 0.583. The molecule has 0 bridgehead atoms. The van der Waals surface area contributed by atoms with E-state index in [1.807, 2.05) is 0 Å². The molecular formula is C12H18N6O. The SMILES string of the molecule is O=c1[nH]nc2cc(NCCC3CCCNC3)ncn12. The van der Waals surface area contributed by atoms with Gasteiger partial charge in [0.2, 0.25) is 0 Å². The van der Waals surface area contributed by atoms with Crippen molar-refractivity contribution in [3.05, 3.63) is 22.9 Å². The van der Waals surface area contributed by atoms with E-state index in [0.29, 0.717) is 5.65 Å². The average molecular weight is 262 g/mol. The van der Waals surface area contributed by atoms with Crippen molar-refractivity contribution in [1.82, 2.24) is 24.9 Å². The summed E-state index contributed by atoms with van der Waals surface area (Å²) in [6.07, 6.45) is 5.19. The van der Waals surface area contributed by atoms with Gasteiger partial charge in [0, 0.05) is 12.6 Å². The molecule has 0 radical (unpaired) electrons. The van der Waals surface area contributed by atoms with Crippen molar-refractivity contribution in [3.8, 4) is 0 Å². The fourth-order valence-corrected chi connectivity index (χ4v) is 2.48. The first kappa shape index (κ1) is 12.2. The summed E-state index contributed by atoms with van der Waals surface area (Å²) in [6.45, 7) is 3.16. The zero-order chi connectivity index (χ0) is 13.1. The molecule has 1 atom stereocenters. The lowest BCUT2D eigenvalue weighted by atomic mass is 9.96. The molecule has 0 spiro atoms. The minimum absolute atomic E-state index is 0.262. The molecule has 1 fully saturated rings. The molecule has 1 unspecified atom stereocenters. The van der Waals surface area contributed by atoms with Gasteiger partial charge in [0.05, 0.1) is 0 Å². The van der Waals surface area contributed by atoms with Gasteiger partial charge in [0.25, 0.3) is 0 Å². The Kier molecular flexibility index (Phi) is 3.45. The third-order valence-corrected chi connectivity index (χ3v) is 3.57. The summed E-state index contributed by atoms with van der Waals surface area (Å²) in [6, 6.07) is 1.77. The maximum atomic E-state index is 11.3. The van der Waals surface area contributed by atoms with Gasteiger partial charge in [-0.2, -0.15) is 5.10 Å².